The molecule has 21 heavy (non-hydrogen) atoms. The quantitative estimate of drug-likeness (QED) is 0.771. The van der Waals surface area contributed by atoms with Crippen molar-refractivity contribution < 1.29 is 9.13 Å². The summed E-state index contributed by atoms with van der Waals surface area (Å²) < 4.78 is 19.1. The highest BCUT2D eigenvalue weighted by molar-refractivity contribution is 5.75. The van der Waals surface area contributed by atoms with Gasteiger partial charge in [-0.05, 0) is 62.2 Å². The number of hydrogen-bond acceptors (Lipinski definition) is 2. The lowest BCUT2D eigenvalue weighted by Gasteiger charge is -2.13. The molecule has 0 bridgehead atoms. The Bertz CT molecular complexity index is 774. The second-order valence-electron chi connectivity index (χ2n) is 5.37. The molecular formula is C17H17FN2O. The average molecular weight is 284 g/mol. The van der Waals surface area contributed by atoms with Gasteiger partial charge in [-0.3, -0.25) is 0 Å². The third kappa shape index (κ3) is 2.89. The summed E-state index contributed by atoms with van der Waals surface area (Å²) >= 11 is 0. The third-order valence-corrected chi connectivity index (χ3v) is 3.36. The van der Waals surface area contributed by atoms with Crippen LogP contribution in [0.4, 0.5) is 4.39 Å². The van der Waals surface area contributed by atoms with Gasteiger partial charge in [0, 0.05) is 0 Å². The summed E-state index contributed by atoms with van der Waals surface area (Å²) in [7, 11) is 0. The van der Waals surface area contributed by atoms with Crippen molar-refractivity contribution in [3.05, 3.63) is 59.2 Å². The first kappa shape index (κ1) is 13.6. The number of ether oxygens (including phenoxy) is 1. The molecule has 1 heterocycles. The predicted molar refractivity (Wildman–Crippen MR) is 81.0 cm³/mol. The molecule has 0 saturated carbocycles. The molecule has 108 valence electrons. The lowest BCUT2D eigenvalue weighted by Crippen LogP contribution is -2.05. The van der Waals surface area contributed by atoms with E-state index in [9.17, 15) is 4.39 Å². The molecule has 2 aromatic carbocycles. The number of aryl methyl sites for hydroxylation is 2. The highest BCUT2D eigenvalue weighted by Crippen LogP contribution is 2.24. The van der Waals surface area contributed by atoms with Gasteiger partial charge in [0.15, 0.2) is 6.10 Å². The second kappa shape index (κ2) is 5.20. The molecule has 0 saturated heterocycles. The third-order valence-electron chi connectivity index (χ3n) is 3.36. The summed E-state index contributed by atoms with van der Waals surface area (Å²) in [6.07, 6.45) is -0.235. The molecule has 1 N–H and O–H groups in total. The van der Waals surface area contributed by atoms with Crippen LogP contribution in [0.25, 0.3) is 11.0 Å². The van der Waals surface area contributed by atoms with Crippen LogP contribution in [-0.2, 0) is 0 Å². The Morgan fingerprint density at radius 2 is 1.81 bits per heavy atom. The number of rotatable bonds is 3. The molecule has 3 aromatic rings. The summed E-state index contributed by atoms with van der Waals surface area (Å²) in [6, 6.07) is 10.6. The van der Waals surface area contributed by atoms with Crippen LogP contribution in [0.15, 0.2) is 36.4 Å². The van der Waals surface area contributed by atoms with Crippen molar-refractivity contribution in [3.63, 3.8) is 0 Å². The first-order chi connectivity index (χ1) is 10.0. The van der Waals surface area contributed by atoms with E-state index in [1.807, 2.05) is 32.9 Å². The molecule has 0 aliphatic rings. The SMILES string of the molecule is Cc1cc(C)cc(O[C@@H](C)c2nc3ccc(F)cc3[nH]2)c1. The Hall–Kier alpha value is -2.36. The Balaban J connectivity index is 1.87. The zero-order chi connectivity index (χ0) is 15.0. The van der Waals surface area contributed by atoms with E-state index >= 15 is 0 Å². The summed E-state index contributed by atoms with van der Waals surface area (Å²) in [4.78, 5) is 7.56. The molecule has 0 amide bonds. The molecule has 0 aliphatic carbocycles. The minimum Gasteiger partial charge on any atom is -0.483 e. The first-order valence-electron chi connectivity index (χ1n) is 6.91. The molecule has 0 spiro atoms. The Morgan fingerprint density at radius 1 is 1.10 bits per heavy atom. The van der Waals surface area contributed by atoms with Gasteiger partial charge in [0.1, 0.15) is 17.4 Å². The van der Waals surface area contributed by atoms with Gasteiger partial charge < -0.3 is 9.72 Å². The molecule has 0 radical (unpaired) electrons. The Morgan fingerprint density at radius 3 is 2.52 bits per heavy atom. The van der Waals surface area contributed by atoms with E-state index < -0.39 is 0 Å². The van der Waals surface area contributed by atoms with Crippen molar-refractivity contribution in [1.82, 2.24) is 9.97 Å². The standard InChI is InChI=1S/C17H17FN2O/c1-10-6-11(2)8-14(7-10)21-12(3)17-19-15-5-4-13(18)9-16(15)20-17/h4-9,12H,1-3H3,(H,19,20)/t12-/m0/s1. The van der Waals surface area contributed by atoms with Crippen LogP contribution < -0.4 is 4.74 Å². The van der Waals surface area contributed by atoms with Gasteiger partial charge in [0.2, 0.25) is 0 Å². The monoisotopic (exact) mass is 284 g/mol. The molecule has 4 heteroatoms. The van der Waals surface area contributed by atoms with E-state index in [1.54, 1.807) is 6.07 Å². The maximum absolute atomic E-state index is 13.2. The number of imidazole rings is 1. The number of nitrogens with one attached hydrogen (secondary N) is 1. The number of aromatic nitrogens is 2. The number of aromatic amines is 1. The highest BCUT2D eigenvalue weighted by atomic mass is 19.1. The Kier molecular flexibility index (Phi) is 3.37. The average Bonchev–Trinajstić information content (AvgIpc) is 2.80. The van der Waals surface area contributed by atoms with Gasteiger partial charge in [-0.2, -0.15) is 0 Å². The van der Waals surface area contributed by atoms with Crippen LogP contribution in [0, 0.1) is 19.7 Å². The number of nitrogens with zero attached hydrogens (tertiary/aromatic N) is 1. The molecule has 1 atom stereocenters. The van der Waals surface area contributed by atoms with Crippen molar-refractivity contribution in [1.29, 1.82) is 0 Å². The van der Waals surface area contributed by atoms with Crippen LogP contribution in [0.2, 0.25) is 0 Å². The fraction of sp³-hybridized carbons (Fsp3) is 0.235. The highest BCUT2D eigenvalue weighted by Gasteiger charge is 2.13. The van der Waals surface area contributed by atoms with E-state index in [0.29, 0.717) is 11.3 Å². The van der Waals surface area contributed by atoms with Gasteiger partial charge in [-0.25, -0.2) is 9.37 Å². The largest absolute Gasteiger partial charge is 0.483 e. The van der Waals surface area contributed by atoms with Crippen molar-refractivity contribution in [2.45, 2.75) is 26.9 Å². The number of fused-ring (bicyclic) bond motifs is 1. The van der Waals surface area contributed by atoms with Crippen LogP contribution in [-0.4, -0.2) is 9.97 Å². The van der Waals surface area contributed by atoms with E-state index in [4.69, 9.17) is 4.74 Å². The summed E-state index contributed by atoms with van der Waals surface area (Å²) in [5, 5.41) is 0. The maximum atomic E-state index is 13.2. The zero-order valence-electron chi connectivity index (χ0n) is 12.3. The number of H-pyrrole nitrogens is 1. The molecule has 0 unspecified atom stereocenters. The van der Waals surface area contributed by atoms with E-state index in [2.05, 4.69) is 16.0 Å². The fourth-order valence-electron chi connectivity index (χ4n) is 2.45. The van der Waals surface area contributed by atoms with Crippen molar-refractivity contribution in [3.8, 4) is 5.75 Å². The van der Waals surface area contributed by atoms with E-state index in [1.165, 1.54) is 12.1 Å². The summed E-state index contributed by atoms with van der Waals surface area (Å²) in [5.41, 5.74) is 3.73. The van der Waals surface area contributed by atoms with Crippen LogP contribution in [0.5, 0.6) is 5.75 Å². The van der Waals surface area contributed by atoms with Gasteiger partial charge in [-0.1, -0.05) is 6.07 Å². The van der Waals surface area contributed by atoms with Crippen molar-refractivity contribution in [2.75, 3.05) is 0 Å². The minimum atomic E-state index is -0.277. The number of hydrogen-bond donors (Lipinski definition) is 1. The smallest absolute Gasteiger partial charge is 0.153 e. The molecular weight excluding hydrogens is 267 g/mol. The molecule has 1 aromatic heterocycles. The predicted octanol–water partition coefficient (Wildman–Crippen LogP) is 4.46. The summed E-state index contributed by atoms with van der Waals surface area (Å²) in [6.45, 7) is 5.99. The number of benzene rings is 2. The number of halogens is 1. The van der Waals surface area contributed by atoms with Gasteiger partial charge >= 0.3 is 0 Å². The van der Waals surface area contributed by atoms with Crippen LogP contribution in [0.1, 0.15) is 30.0 Å². The normalized spacial score (nSPS) is 12.6. The van der Waals surface area contributed by atoms with Crippen LogP contribution >= 0.6 is 0 Å². The second-order valence-corrected chi connectivity index (χ2v) is 5.37. The van der Waals surface area contributed by atoms with E-state index in [0.717, 1.165) is 22.4 Å². The van der Waals surface area contributed by atoms with Gasteiger partial charge in [-0.15, -0.1) is 0 Å². The maximum Gasteiger partial charge on any atom is 0.153 e. The molecule has 0 fully saturated rings. The van der Waals surface area contributed by atoms with Gasteiger partial charge in [0.25, 0.3) is 0 Å². The summed E-state index contributed by atoms with van der Waals surface area (Å²) in [5.74, 6) is 1.22. The van der Waals surface area contributed by atoms with Crippen molar-refractivity contribution in [2.24, 2.45) is 0 Å². The lowest BCUT2D eigenvalue weighted by atomic mass is 10.1. The lowest BCUT2D eigenvalue weighted by molar-refractivity contribution is 0.218. The molecule has 0 aliphatic heterocycles. The zero-order valence-corrected chi connectivity index (χ0v) is 12.3. The molecule has 3 rings (SSSR count). The molecule has 3 nitrogen and oxygen atoms in total. The van der Waals surface area contributed by atoms with Gasteiger partial charge in [0.05, 0.1) is 11.0 Å². The minimum absolute atomic E-state index is 0.235. The van der Waals surface area contributed by atoms with Crippen molar-refractivity contribution >= 4 is 11.0 Å². The van der Waals surface area contributed by atoms with E-state index in [-0.39, 0.29) is 11.9 Å². The fourth-order valence-corrected chi connectivity index (χ4v) is 2.45. The van der Waals surface area contributed by atoms with Crippen LogP contribution in [0.3, 0.4) is 0 Å². The Labute approximate surface area is 122 Å². The first-order valence-corrected chi connectivity index (χ1v) is 6.91. The topological polar surface area (TPSA) is 37.9 Å².